The minimum atomic E-state index is 0.585. The molecule has 2 N–H and O–H groups in total. The van der Waals surface area contributed by atoms with Crippen LogP contribution in [0, 0.1) is 0 Å². The Kier molecular flexibility index (Phi) is 4.92. The summed E-state index contributed by atoms with van der Waals surface area (Å²) >= 11 is 0. The van der Waals surface area contributed by atoms with Crippen LogP contribution in [0.1, 0.15) is 62.3 Å². The highest BCUT2D eigenvalue weighted by Gasteiger charge is 2.15. The van der Waals surface area contributed by atoms with Gasteiger partial charge in [0.15, 0.2) is 0 Å². The average Bonchev–Trinajstić information content (AvgIpc) is 2.30. The minimum Gasteiger partial charge on any atom is -0.330 e. The number of rotatable bonds is 3. The van der Waals surface area contributed by atoms with Crippen molar-refractivity contribution in [1.29, 1.82) is 0 Å². The summed E-state index contributed by atoms with van der Waals surface area (Å²) in [5, 5.41) is 0. The van der Waals surface area contributed by atoms with Crippen LogP contribution in [-0.2, 0) is 6.42 Å². The molecule has 1 heterocycles. The van der Waals surface area contributed by atoms with Crippen LogP contribution in [0.5, 0.6) is 0 Å². The molecule has 0 bridgehead atoms. The van der Waals surface area contributed by atoms with Crippen molar-refractivity contribution in [2.24, 2.45) is 5.73 Å². The van der Waals surface area contributed by atoms with Crippen molar-refractivity contribution < 1.29 is 0 Å². The first kappa shape index (κ1) is 12.5. The van der Waals surface area contributed by atoms with Gasteiger partial charge in [0, 0.05) is 18.3 Å². The van der Waals surface area contributed by atoms with E-state index in [0.717, 1.165) is 17.8 Å². The van der Waals surface area contributed by atoms with Crippen molar-refractivity contribution in [2.75, 3.05) is 6.54 Å². The molecule has 3 nitrogen and oxygen atoms in total. The maximum atomic E-state index is 5.52. The molecule has 1 aromatic rings. The fourth-order valence-electron chi connectivity index (χ4n) is 2.59. The van der Waals surface area contributed by atoms with Crippen molar-refractivity contribution in [3.05, 3.63) is 23.8 Å². The quantitative estimate of drug-likeness (QED) is 0.873. The number of aromatic nitrogens is 2. The van der Waals surface area contributed by atoms with E-state index in [9.17, 15) is 0 Å². The van der Waals surface area contributed by atoms with Crippen molar-refractivity contribution in [3.8, 4) is 0 Å². The van der Waals surface area contributed by atoms with Crippen LogP contribution in [0.4, 0.5) is 0 Å². The average molecular weight is 233 g/mol. The highest BCUT2D eigenvalue weighted by atomic mass is 14.9. The molecule has 17 heavy (non-hydrogen) atoms. The van der Waals surface area contributed by atoms with E-state index in [1.54, 1.807) is 0 Å². The van der Waals surface area contributed by atoms with E-state index in [1.165, 1.54) is 44.9 Å². The van der Waals surface area contributed by atoms with Crippen LogP contribution < -0.4 is 5.73 Å². The Bertz CT molecular complexity index is 313. The first-order valence-electron chi connectivity index (χ1n) is 6.91. The van der Waals surface area contributed by atoms with Gasteiger partial charge in [-0.3, -0.25) is 0 Å². The van der Waals surface area contributed by atoms with Gasteiger partial charge in [0.25, 0.3) is 0 Å². The van der Waals surface area contributed by atoms with Gasteiger partial charge in [-0.25, -0.2) is 9.97 Å². The zero-order chi connectivity index (χ0) is 11.9. The Hall–Kier alpha value is -0.960. The van der Waals surface area contributed by atoms with Crippen LogP contribution in [0.2, 0.25) is 0 Å². The highest BCUT2D eigenvalue weighted by molar-refractivity contribution is 5.08. The van der Waals surface area contributed by atoms with Crippen LogP contribution in [0.15, 0.2) is 12.4 Å². The largest absolute Gasteiger partial charge is 0.330 e. The molecule has 3 heteroatoms. The van der Waals surface area contributed by atoms with Crippen molar-refractivity contribution >= 4 is 0 Å². The van der Waals surface area contributed by atoms with Gasteiger partial charge in [0.05, 0.1) is 0 Å². The molecular formula is C14H23N3. The van der Waals surface area contributed by atoms with E-state index >= 15 is 0 Å². The fourth-order valence-corrected chi connectivity index (χ4v) is 2.59. The van der Waals surface area contributed by atoms with E-state index in [2.05, 4.69) is 9.97 Å². The molecule has 1 aliphatic rings. The normalized spacial score (nSPS) is 18.6. The Balaban J connectivity index is 1.99. The molecule has 1 fully saturated rings. The smallest absolute Gasteiger partial charge is 0.131 e. The zero-order valence-corrected chi connectivity index (χ0v) is 10.6. The summed E-state index contributed by atoms with van der Waals surface area (Å²) in [6.45, 7) is 0.673. The third-order valence-electron chi connectivity index (χ3n) is 3.63. The predicted octanol–water partition coefficient (Wildman–Crippen LogP) is 2.81. The molecule has 2 rings (SSSR count). The summed E-state index contributed by atoms with van der Waals surface area (Å²) in [6.07, 6.45) is 14.1. The Morgan fingerprint density at radius 1 is 1.00 bits per heavy atom. The van der Waals surface area contributed by atoms with Crippen LogP contribution in [0.25, 0.3) is 0 Å². The number of hydrogen-bond acceptors (Lipinski definition) is 3. The Morgan fingerprint density at radius 3 is 2.18 bits per heavy atom. The second-order valence-corrected chi connectivity index (χ2v) is 5.03. The lowest BCUT2D eigenvalue weighted by molar-refractivity contribution is 0.442. The zero-order valence-electron chi connectivity index (χ0n) is 10.6. The van der Waals surface area contributed by atoms with Gasteiger partial charge in [0.1, 0.15) is 5.82 Å². The van der Waals surface area contributed by atoms with Crippen molar-refractivity contribution in [1.82, 2.24) is 9.97 Å². The molecular weight excluding hydrogens is 210 g/mol. The van der Waals surface area contributed by atoms with E-state index in [-0.39, 0.29) is 0 Å². The maximum Gasteiger partial charge on any atom is 0.131 e. The standard InChI is InChI=1S/C14H23N3/c15-9-8-12-10-16-14(17-11-12)13-6-4-2-1-3-5-7-13/h10-11,13H,1-9,15H2. The summed E-state index contributed by atoms with van der Waals surface area (Å²) in [7, 11) is 0. The van der Waals surface area contributed by atoms with Gasteiger partial charge >= 0.3 is 0 Å². The molecule has 0 amide bonds. The van der Waals surface area contributed by atoms with E-state index in [4.69, 9.17) is 5.73 Å². The maximum absolute atomic E-state index is 5.52. The molecule has 0 unspecified atom stereocenters. The summed E-state index contributed by atoms with van der Waals surface area (Å²) in [6, 6.07) is 0. The summed E-state index contributed by atoms with van der Waals surface area (Å²) < 4.78 is 0. The summed E-state index contributed by atoms with van der Waals surface area (Å²) in [5.74, 6) is 1.63. The van der Waals surface area contributed by atoms with Gasteiger partial charge in [-0.15, -0.1) is 0 Å². The predicted molar refractivity (Wildman–Crippen MR) is 69.9 cm³/mol. The summed E-state index contributed by atoms with van der Waals surface area (Å²) in [4.78, 5) is 9.05. The first-order chi connectivity index (χ1) is 8.40. The molecule has 0 spiro atoms. The molecule has 0 aromatic carbocycles. The van der Waals surface area contributed by atoms with Gasteiger partial charge in [-0.05, 0) is 31.4 Å². The van der Waals surface area contributed by atoms with Gasteiger partial charge in [-0.1, -0.05) is 32.1 Å². The van der Waals surface area contributed by atoms with Crippen molar-refractivity contribution in [2.45, 2.75) is 57.3 Å². The van der Waals surface area contributed by atoms with Crippen LogP contribution in [0.3, 0.4) is 0 Å². The molecule has 0 aliphatic heterocycles. The number of nitrogens with two attached hydrogens (primary N) is 1. The molecule has 0 saturated heterocycles. The van der Waals surface area contributed by atoms with Crippen molar-refractivity contribution in [3.63, 3.8) is 0 Å². The van der Waals surface area contributed by atoms with Gasteiger partial charge in [0.2, 0.25) is 0 Å². The molecule has 0 atom stereocenters. The van der Waals surface area contributed by atoms with Gasteiger partial charge in [-0.2, -0.15) is 0 Å². The van der Waals surface area contributed by atoms with E-state index < -0.39 is 0 Å². The highest BCUT2D eigenvalue weighted by Crippen LogP contribution is 2.28. The number of nitrogens with zero attached hydrogens (tertiary/aromatic N) is 2. The molecule has 1 aliphatic carbocycles. The lowest BCUT2D eigenvalue weighted by Gasteiger charge is -2.18. The van der Waals surface area contributed by atoms with Gasteiger partial charge < -0.3 is 5.73 Å². The fraction of sp³-hybridized carbons (Fsp3) is 0.714. The third-order valence-corrected chi connectivity index (χ3v) is 3.63. The Labute approximate surface area is 104 Å². The number of hydrogen-bond donors (Lipinski definition) is 1. The van der Waals surface area contributed by atoms with Crippen LogP contribution in [-0.4, -0.2) is 16.5 Å². The lowest BCUT2D eigenvalue weighted by Crippen LogP contribution is -2.09. The van der Waals surface area contributed by atoms with E-state index in [0.29, 0.717) is 12.5 Å². The first-order valence-corrected chi connectivity index (χ1v) is 6.91. The Morgan fingerprint density at radius 2 is 1.59 bits per heavy atom. The molecule has 1 saturated carbocycles. The lowest BCUT2D eigenvalue weighted by atomic mass is 9.90. The third kappa shape index (κ3) is 3.77. The topological polar surface area (TPSA) is 51.8 Å². The minimum absolute atomic E-state index is 0.585. The van der Waals surface area contributed by atoms with Crippen LogP contribution >= 0.6 is 0 Å². The SMILES string of the molecule is NCCc1cnc(C2CCCCCCC2)nc1. The molecule has 94 valence electrons. The second kappa shape index (κ2) is 6.70. The monoisotopic (exact) mass is 233 g/mol. The summed E-state index contributed by atoms with van der Waals surface area (Å²) in [5.41, 5.74) is 6.68. The second-order valence-electron chi connectivity index (χ2n) is 5.03. The molecule has 0 radical (unpaired) electrons. The van der Waals surface area contributed by atoms with E-state index in [1.807, 2.05) is 12.4 Å². The molecule has 1 aromatic heterocycles.